The number of para-hydroxylation sites is 4. The molecule has 1 fully saturated rings. The summed E-state index contributed by atoms with van der Waals surface area (Å²) in [6.45, 7) is 0.832. The Morgan fingerprint density at radius 3 is 2.69 bits per heavy atom. The summed E-state index contributed by atoms with van der Waals surface area (Å²) in [5, 5.41) is 2.48. The molecule has 2 N–H and O–H groups in total. The van der Waals surface area contributed by atoms with Crippen molar-refractivity contribution in [3.8, 4) is 5.75 Å². The number of carbonyl (C=O) groups is 2. The van der Waals surface area contributed by atoms with E-state index in [1.807, 2.05) is 29.2 Å². The zero-order valence-corrected chi connectivity index (χ0v) is 19.0. The second kappa shape index (κ2) is 9.97. The predicted molar refractivity (Wildman–Crippen MR) is 131 cm³/mol. The first-order valence-corrected chi connectivity index (χ1v) is 11.6. The molecule has 4 aromatic rings. The molecular formula is C27H25FN4O3. The smallest absolute Gasteiger partial charge is 0.262 e. The Kier molecular flexibility index (Phi) is 6.43. The van der Waals surface area contributed by atoms with Gasteiger partial charge in [0.25, 0.3) is 11.8 Å². The van der Waals surface area contributed by atoms with E-state index in [0.29, 0.717) is 24.4 Å². The highest BCUT2D eigenvalue weighted by atomic mass is 19.1. The zero-order valence-electron chi connectivity index (χ0n) is 19.0. The summed E-state index contributed by atoms with van der Waals surface area (Å²) >= 11 is 0. The number of anilines is 1. The van der Waals surface area contributed by atoms with E-state index < -0.39 is 11.7 Å². The quantitative estimate of drug-likeness (QED) is 0.424. The van der Waals surface area contributed by atoms with Crippen molar-refractivity contribution in [1.82, 2.24) is 14.9 Å². The summed E-state index contributed by atoms with van der Waals surface area (Å²) in [7, 11) is 0. The first-order chi connectivity index (χ1) is 17.1. The number of imidazole rings is 1. The molecule has 0 bridgehead atoms. The lowest BCUT2D eigenvalue weighted by atomic mass is 9.96. The Labute approximate surface area is 201 Å². The van der Waals surface area contributed by atoms with Crippen LogP contribution in [0.25, 0.3) is 11.0 Å². The molecule has 1 aromatic heterocycles. The summed E-state index contributed by atoms with van der Waals surface area (Å²) in [5.74, 6) is 0.113. The van der Waals surface area contributed by atoms with Crippen molar-refractivity contribution >= 4 is 28.5 Å². The van der Waals surface area contributed by atoms with Gasteiger partial charge in [-0.2, -0.15) is 0 Å². The van der Waals surface area contributed by atoms with E-state index in [9.17, 15) is 14.0 Å². The van der Waals surface area contributed by atoms with Crippen LogP contribution in [0, 0.1) is 5.82 Å². The van der Waals surface area contributed by atoms with E-state index >= 15 is 0 Å². The molecule has 5 rings (SSSR count). The van der Waals surface area contributed by atoms with Gasteiger partial charge in [-0.3, -0.25) is 9.59 Å². The molecule has 35 heavy (non-hydrogen) atoms. The molecule has 1 aliphatic rings. The molecule has 8 heteroatoms. The minimum Gasteiger partial charge on any atom is -0.483 e. The van der Waals surface area contributed by atoms with Crippen LogP contribution < -0.4 is 10.1 Å². The Hall–Kier alpha value is -4.20. The summed E-state index contributed by atoms with van der Waals surface area (Å²) in [5.41, 5.74) is 2.36. The number of hydrogen-bond donors (Lipinski definition) is 2. The molecule has 0 radical (unpaired) electrons. The Bertz CT molecular complexity index is 1340. The third-order valence-corrected chi connectivity index (χ3v) is 6.13. The van der Waals surface area contributed by atoms with Gasteiger partial charge in [-0.25, -0.2) is 9.37 Å². The van der Waals surface area contributed by atoms with Gasteiger partial charge in [0.2, 0.25) is 0 Å². The molecule has 0 spiro atoms. The van der Waals surface area contributed by atoms with Crippen molar-refractivity contribution in [3.05, 3.63) is 90.0 Å². The molecule has 7 nitrogen and oxygen atoms in total. The Balaban J connectivity index is 1.26. The highest BCUT2D eigenvalue weighted by Crippen LogP contribution is 2.29. The van der Waals surface area contributed by atoms with Gasteiger partial charge in [-0.15, -0.1) is 0 Å². The van der Waals surface area contributed by atoms with Crippen molar-refractivity contribution in [2.75, 3.05) is 25.0 Å². The SMILES string of the molecule is O=C(COc1ccccc1C(=O)N1CCCC(c2nc3ccccc3[nH]2)C1)Nc1ccccc1F. The minimum absolute atomic E-state index is 0.0791. The number of nitrogens with one attached hydrogen (secondary N) is 2. The topological polar surface area (TPSA) is 87.3 Å². The van der Waals surface area contributed by atoms with Gasteiger partial charge in [0, 0.05) is 19.0 Å². The maximum atomic E-state index is 13.8. The van der Waals surface area contributed by atoms with Crippen LogP contribution in [0.5, 0.6) is 5.75 Å². The average molecular weight is 473 g/mol. The van der Waals surface area contributed by atoms with E-state index in [-0.39, 0.29) is 24.1 Å². The number of carbonyl (C=O) groups excluding carboxylic acids is 2. The second-order valence-corrected chi connectivity index (χ2v) is 8.54. The van der Waals surface area contributed by atoms with Crippen LogP contribution in [0.2, 0.25) is 0 Å². The molecule has 2 amide bonds. The maximum absolute atomic E-state index is 13.8. The number of H-pyrrole nitrogens is 1. The number of fused-ring (bicyclic) bond motifs is 1. The number of amides is 2. The Morgan fingerprint density at radius 2 is 1.83 bits per heavy atom. The monoisotopic (exact) mass is 472 g/mol. The average Bonchev–Trinajstić information content (AvgIpc) is 3.33. The van der Waals surface area contributed by atoms with E-state index in [1.54, 1.807) is 36.4 Å². The molecule has 3 aromatic carbocycles. The lowest BCUT2D eigenvalue weighted by Gasteiger charge is -2.32. The highest BCUT2D eigenvalue weighted by molar-refractivity contribution is 5.97. The largest absolute Gasteiger partial charge is 0.483 e. The number of rotatable bonds is 6. The van der Waals surface area contributed by atoms with Crippen molar-refractivity contribution in [2.45, 2.75) is 18.8 Å². The summed E-state index contributed by atoms with van der Waals surface area (Å²) in [6, 6.07) is 20.7. The molecule has 1 saturated heterocycles. The molecule has 178 valence electrons. The third kappa shape index (κ3) is 5.01. The number of halogens is 1. The lowest BCUT2D eigenvalue weighted by Crippen LogP contribution is -2.39. The van der Waals surface area contributed by atoms with Crippen LogP contribution in [0.15, 0.2) is 72.8 Å². The van der Waals surface area contributed by atoms with Crippen molar-refractivity contribution in [2.24, 2.45) is 0 Å². The van der Waals surface area contributed by atoms with Crippen molar-refractivity contribution in [3.63, 3.8) is 0 Å². The van der Waals surface area contributed by atoms with Crippen molar-refractivity contribution in [1.29, 1.82) is 0 Å². The fourth-order valence-corrected chi connectivity index (χ4v) is 4.38. The molecular weight excluding hydrogens is 447 g/mol. The molecule has 1 unspecified atom stereocenters. The number of benzene rings is 3. The lowest BCUT2D eigenvalue weighted by molar-refractivity contribution is -0.118. The number of nitrogens with zero attached hydrogens (tertiary/aromatic N) is 2. The number of aromatic amines is 1. The fraction of sp³-hybridized carbons (Fsp3) is 0.222. The van der Waals surface area contributed by atoms with Gasteiger partial charge in [0.05, 0.1) is 22.3 Å². The van der Waals surface area contributed by atoms with Crippen LogP contribution >= 0.6 is 0 Å². The number of hydrogen-bond acceptors (Lipinski definition) is 4. The van der Waals surface area contributed by atoms with Gasteiger partial charge in [-0.05, 0) is 49.2 Å². The number of likely N-dealkylation sites (tertiary alicyclic amines) is 1. The first kappa shape index (κ1) is 22.6. The highest BCUT2D eigenvalue weighted by Gasteiger charge is 2.28. The number of ether oxygens (including phenoxy) is 1. The van der Waals surface area contributed by atoms with Gasteiger partial charge in [0.15, 0.2) is 6.61 Å². The summed E-state index contributed by atoms with van der Waals surface area (Å²) in [4.78, 5) is 35.6. The van der Waals surface area contributed by atoms with E-state index in [1.165, 1.54) is 12.1 Å². The van der Waals surface area contributed by atoms with E-state index in [0.717, 1.165) is 29.7 Å². The molecule has 1 atom stereocenters. The standard InChI is InChI=1S/C27H25FN4O3/c28-20-10-2-3-11-21(20)29-25(33)17-35-24-14-6-1-9-19(24)27(34)32-15-7-8-18(16-32)26-30-22-12-4-5-13-23(22)31-26/h1-6,9-14,18H,7-8,15-17H2,(H,29,33)(H,30,31). The number of aromatic nitrogens is 2. The van der Waals surface area contributed by atoms with Gasteiger partial charge >= 0.3 is 0 Å². The molecule has 0 saturated carbocycles. The van der Waals surface area contributed by atoms with Gasteiger partial charge in [-0.1, -0.05) is 36.4 Å². The molecule has 1 aliphatic heterocycles. The second-order valence-electron chi connectivity index (χ2n) is 8.54. The predicted octanol–water partition coefficient (Wildman–Crippen LogP) is 4.74. The molecule has 2 heterocycles. The fourth-order valence-electron chi connectivity index (χ4n) is 4.38. The van der Waals surface area contributed by atoms with Crippen LogP contribution in [0.3, 0.4) is 0 Å². The Morgan fingerprint density at radius 1 is 1.06 bits per heavy atom. The molecule has 0 aliphatic carbocycles. The van der Waals surface area contributed by atoms with E-state index in [4.69, 9.17) is 9.72 Å². The van der Waals surface area contributed by atoms with Crippen LogP contribution in [0.4, 0.5) is 10.1 Å². The van der Waals surface area contributed by atoms with Gasteiger partial charge < -0.3 is 19.9 Å². The van der Waals surface area contributed by atoms with Crippen molar-refractivity contribution < 1.29 is 18.7 Å². The van der Waals surface area contributed by atoms with E-state index in [2.05, 4.69) is 10.3 Å². The number of piperidine rings is 1. The summed E-state index contributed by atoms with van der Waals surface area (Å²) < 4.78 is 19.5. The minimum atomic E-state index is -0.527. The third-order valence-electron chi connectivity index (χ3n) is 6.13. The summed E-state index contributed by atoms with van der Waals surface area (Å²) in [6.07, 6.45) is 1.81. The van der Waals surface area contributed by atoms with Crippen LogP contribution in [-0.4, -0.2) is 46.4 Å². The maximum Gasteiger partial charge on any atom is 0.262 e. The zero-order chi connectivity index (χ0) is 24.2. The van der Waals surface area contributed by atoms with Crippen LogP contribution in [0.1, 0.15) is 34.9 Å². The van der Waals surface area contributed by atoms with Crippen LogP contribution in [-0.2, 0) is 4.79 Å². The normalized spacial score (nSPS) is 15.7. The first-order valence-electron chi connectivity index (χ1n) is 11.6. The van der Waals surface area contributed by atoms with Gasteiger partial charge in [0.1, 0.15) is 17.4 Å².